The molecule has 3 aromatic heterocycles. The largest absolute Gasteiger partial charge is 0.305 e. The zero-order valence-corrected chi connectivity index (χ0v) is 36.6. The third-order valence-corrected chi connectivity index (χ3v) is 12.4. The molecule has 5 aromatic carbocycles. The number of pyridine rings is 2. The number of aromatic nitrogens is 2. The Hall–Kier alpha value is -4.58. The van der Waals surface area contributed by atoms with E-state index in [1.807, 2.05) is 30.5 Å². The average Bonchev–Trinajstić information content (AvgIpc) is 3.58. The molecule has 0 saturated carbocycles. The summed E-state index contributed by atoms with van der Waals surface area (Å²) in [5.41, 5.74) is 6.85. The molecule has 285 valence electrons. The number of benzene rings is 5. The molecule has 0 atom stereocenters. The van der Waals surface area contributed by atoms with Gasteiger partial charge in [0.1, 0.15) is 0 Å². The Bertz CT molecular complexity index is 2790. The van der Waals surface area contributed by atoms with E-state index in [0.717, 1.165) is 33.2 Å². The summed E-state index contributed by atoms with van der Waals surface area (Å²) in [7, 11) is -1.31. The summed E-state index contributed by atoms with van der Waals surface area (Å²) < 4.78 is 57.1. The van der Waals surface area contributed by atoms with Gasteiger partial charge in [0.05, 0.1) is 8.07 Å². The molecule has 0 spiro atoms. The van der Waals surface area contributed by atoms with E-state index >= 15 is 0 Å². The number of fused-ring (bicyclic) bond motifs is 3. The molecule has 6 heteroatoms. The number of hydrogen-bond donors (Lipinski definition) is 0. The molecular formula is C50H47FIrN2SSi-2. The molecule has 3 heterocycles. The Kier molecular flexibility index (Phi) is 10.7. The van der Waals surface area contributed by atoms with Gasteiger partial charge in [-0.25, -0.2) is 4.39 Å². The Morgan fingerprint density at radius 1 is 0.732 bits per heavy atom. The van der Waals surface area contributed by atoms with E-state index in [4.69, 9.17) is 6.85 Å². The van der Waals surface area contributed by atoms with Crippen LogP contribution in [0.1, 0.15) is 49.9 Å². The monoisotopic (exact) mass is 952 g/mol. The van der Waals surface area contributed by atoms with Gasteiger partial charge in [-0.3, -0.25) is 0 Å². The van der Waals surface area contributed by atoms with E-state index < -0.39 is 26.7 Å². The Morgan fingerprint density at radius 2 is 1.48 bits per heavy atom. The van der Waals surface area contributed by atoms with Crippen LogP contribution in [0.15, 0.2) is 134 Å². The smallest absolute Gasteiger partial charge is 0.0795 e. The summed E-state index contributed by atoms with van der Waals surface area (Å²) in [6.45, 7) is 9.68. The number of aryl methyl sites for hydroxylation is 1. The molecule has 0 fully saturated rings. The van der Waals surface area contributed by atoms with Crippen molar-refractivity contribution in [2.75, 3.05) is 0 Å². The molecule has 0 unspecified atom stereocenters. The Morgan fingerprint density at radius 3 is 2.20 bits per heavy atom. The van der Waals surface area contributed by atoms with Crippen LogP contribution in [-0.4, -0.2) is 18.0 Å². The molecule has 0 aliphatic rings. The van der Waals surface area contributed by atoms with Gasteiger partial charge in [-0.1, -0.05) is 136 Å². The maximum Gasteiger partial charge on any atom is 0.0795 e. The third-order valence-electron chi connectivity index (χ3n) is 9.27. The van der Waals surface area contributed by atoms with E-state index in [1.165, 1.54) is 44.9 Å². The summed E-state index contributed by atoms with van der Waals surface area (Å²) in [5, 5.41) is 3.50. The fourth-order valence-corrected chi connectivity index (χ4v) is 8.58. The summed E-state index contributed by atoms with van der Waals surface area (Å²) in [4.78, 5) is 8.87. The molecule has 56 heavy (non-hydrogen) atoms. The minimum absolute atomic E-state index is 0. The van der Waals surface area contributed by atoms with E-state index in [-0.39, 0.29) is 37.0 Å². The summed E-state index contributed by atoms with van der Waals surface area (Å²) in [6.07, 6.45) is 2.21. The maximum atomic E-state index is 13.1. The van der Waals surface area contributed by atoms with Crippen molar-refractivity contribution in [3.05, 3.63) is 174 Å². The van der Waals surface area contributed by atoms with Crippen LogP contribution in [0.25, 0.3) is 53.8 Å². The van der Waals surface area contributed by atoms with Gasteiger partial charge in [0.2, 0.25) is 0 Å². The third kappa shape index (κ3) is 10.0. The van der Waals surface area contributed by atoms with Crippen LogP contribution in [0.5, 0.6) is 0 Å². The topological polar surface area (TPSA) is 25.8 Å². The molecule has 8 aromatic rings. The molecular weight excluding hydrogens is 900 g/mol. The van der Waals surface area contributed by atoms with Gasteiger partial charge in [-0.15, -0.1) is 53.6 Å². The van der Waals surface area contributed by atoms with Crippen molar-refractivity contribution in [2.45, 2.75) is 60.1 Å². The molecule has 0 bridgehead atoms. The van der Waals surface area contributed by atoms with Crippen molar-refractivity contribution in [3.63, 3.8) is 0 Å². The Balaban J connectivity index is 0.000000290. The van der Waals surface area contributed by atoms with Gasteiger partial charge in [0.15, 0.2) is 0 Å². The minimum Gasteiger partial charge on any atom is -0.305 e. The van der Waals surface area contributed by atoms with Crippen LogP contribution in [0.3, 0.4) is 0 Å². The van der Waals surface area contributed by atoms with Crippen LogP contribution in [-0.2, 0) is 32.9 Å². The van der Waals surface area contributed by atoms with E-state index in [1.54, 1.807) is 44.2 Å². The standard InChI is InChI=1S/C36H32NS.C14H15FNSi.Ir/c1-24-23-37-33(20-30(24)22-36(2,3)4)29-14-16-34-32(19-29)31-15-13-28(21-35(31)38-34)27-12-8-11-26(18-27)17-25-9-6-5-7-10-25;1-17(2,3)13-7-8-14(16-10-13)11-5-4-6-12(15)9-11;/h5-13,15-16,18-21,23H,17,22H2,1-4H3;4,6-10H,1-3H3;/q2*-1;/i1D3,22D2;;. The predicted molar refractivity (Wildman–Crippen MR) is 235 cm³/mol. The summed E-state index contributed by atoms with van der Waals surface area (Å²) in [6, 6.07) is 46.1. The summed E-state index contributed by atoms with van der Waals surface area (Å²) >= 11 is 1.71. The van der Waals surface area contributed by atoms with Crippen LogP contribution >= 0.6 is 11.3 Å². The van der Waals surface area contributed by atoms with Gasteiger partial charge in [-0.2, -0.15) is 11.3 Å². The van der Waals surface area contributed by atoms with E-state index in [2.05, 4.69) is 115 Å². The van der Waals surface area contributed by atoms with Crippen molar-refractivity contribution in [2.24, 2.45) is 5.41 Å². The van der Waals surface area contributed by atoms with Crippen LogP contribution in [0.2, 0.25) is 19.6 Å². The average molecular weight is 952 g/mol. The summed E-state index contributed by atoms with van der Waals surface area (Å²) in [5.74, 6) is -0.255. The van der Waals surface area contributed by atoms with Gasteiger partial charge in [0.25, 0.3) is 0 Å². The second-order valence-electron chi connectivity index (χ2n) is 15.9. The molecule has 0 aliphatic heterocycles. The van der Waals surface area contributed by atoms with E-state index in [0.29, 0.717) is 16.8 Å². The van der Waals surface area contributed by atoms with Gasteiger partial charge < -0.3 is 9.97 Å². The molecule has 0 N–H and O–H groups in total. The molecule has 0 saturated heterocycles. The SMILES string of the molecule is C[Si](C)(C)c1ccc(-c2[c-]ccc(F)c2)nc1.[2H]C([2H])([2H])c1cnc(-c2[c-]cc3sc4cc(-c5cccc(Cc6ccccc6)c5)ccc4c3c2)cc1C([2H])([2H])C(C)(C)C.[Ir]. The zero-order chi connectivity index (χ0) is 43.0. The van der Waals surface area contributed by atoms with E-state index in [9.17, 15) is 4.39 Å². The van der Waals surface area contributed by atoms with Crippen molar-refractivity contribution in [1.29, 1.82) is 0 Å². The fraction of sp³-hybridized carbons (Fsp3) is 0.200. The number of thiophene rings is 1. The molecule has 8 rings (SSSR count). The maximum absolute atomic E-state index is 13.1. The van der Waals surface area contributed by atoms with Gasteiger partial charge in [0, 0.05) is 49.9 Å². The second kappa shape index (κ2) is 17.3. The first-order valence-electron chi connectivity index (χ1n) is 20.9. The minimum atomic E-state index is -2.48. The number of nitrogens with zero attached hydrogens (tertiary/aromatic N) is 2. The first kappa shape index (κ1) is 34.6. The van der Waals surface area contributed by atoms with Crippen LogP contribution in [0.4, 0.5) is 4.39 Å². The molecule has 0 aliphatic carbocycles. The zero-order valence-electron chi connectivity index (χ0n) is 37.4. The van der Waals surface area contributed by atoms with Crippen LogP contribution in [0, 0.1) is 30.2 Å². The quantitative estimate of drug-likeness (QED) is 0.118. The Labute approximate surface area is 357 Å². The molecule has 0 amide bonds. The first-order valence-corrected chi connectivity index (χ1v) is 22.8. The fourth-order valence-electron chi connectivity index (χ4n) is 6.43. The van der Waals surface area contributed by atoms with Gasteiger partial charge in [-0.05, 0) is 85.6 Å². The van der Waals surface area contributed by atoms with Crippen molar-refractivity contribution in [3.8, 4) is 33.6 Å². The molecule has 1 radical (unpaired) electrons. The number of hydrogen-bond acceptors (Lipinski definition) is 3. The van der Waals surface area contributed by atoms with Crippen molar-refractivity contribution < 1.29 is 31.3 Å². The first-order chi connectivity index (χ1) is 28.3. The van der Waals surface area contributed by atoms with Crippen molar-refractivity contribution >= 4 is 44.8 Å². The predicted octanol–water partition coefficient (Wildman–Crippen LogP) is 13.3. The van der Waals surface area contributed by atoms with Gasteiger partial charge >= 0.3 is 0 Å². The number of halogens is 1. The second-order valence-corrected chi connectivity index (χ2v) is 22.1. The normalized spacial score (nSPS) is 13.4. The molecule has 2 nitrogen and oxygen atoms in total. The van der Waals surface area contributed by atoms with Crippen molar-refractivity contribution in [1.82, 2.24) is 9.97 Å². The van der Waals surface area contributed by atoms with Crippen LogP contribution < -0.4 is 5.19 Å². The number of rotatable bonds is 7.